The zero-order chi connectivity index (χ0) is 14.7. The summed E-state index contributed by atoms with van der Waals surface area (Å²) >= 11 is 0. The van der Waals surface area contributed by atoms with Crippen molar-refractivity contribution in [3.8, 4) is 0 Å². The molecular weight excluding hydrogens is 262 g/mol. The van der Waals surface area contributed by atoms with Crippen molar-refractivity contribution in [1.29, 1.82) is 0 Å². The molecule has 1 amide bonds. The zero-order valence-corrected chi connectivity index (χ0v) is 11.2. The highest BCUT2D eigenvalue weighted by atomic mass is 19.1. The Morgan fingerprint density at radius 3 is 2.45 bits per heavy atom. The van der Waals surface area contributed by atoms with Crippen LogP contribution >= 0.6 is 0 Å². The maximum atomic E-state index is 13.5. The predicted octanol–water partition coefficient (Wildman–Crippen LogP) is 2.91. The third-order valence-corrected chi connectivity index (χ3v) is 2.90. The molecule has 1 aromatic heterocycles. The Kier molecular flexibility index (Phi) is 4.08. The molecule has 1 N–H and O–H groups in total. The van der Waals surface area contributed by atoms with Gasteiger partial charge < -0.3 is 5.32 Å². The number of aryl methyl sites for hydroxylation is 2. The van der Waals surface area contributed by atoms with E-state index in [1.165, 1.54) is 18.2 Å². The molecule has 20 heavy (non-hydrogen) atoms. The van der Waals surface area contributed by atoms with Crippen LogP contribution in [0.2, 0.25) is 0 Å². The summed E-state index contributed by atoms with van der Waals surface area (Å²) in [5.74, 6) is -1.41. The Bertz CT molecular complexity index is 633. The van der Waals surface area contributed by atoms with Crippen molar-refractivity contribution in [1.82, 2.24) is 10.3 Å². The highest BCUT2D eigenvalue weighted by Gasteiger charge is 2.09. The standard InChI is InChI=1S/C15H14F2N2O/c1-9-6-11(7-10(2)14(9)17)8-18-15(20)12-4-3-5-13(16)19-12/h3-7H,8H2,1-2H3,(H,18,20). The Labute approximate surface area is 115 Å². The molecule has 0 radical (unpaired) electrons. The molecule has 3 nitrogen and oxygen atoms in total. The topological polar surface area (TPSA) is 42.0 Å². The van der Waals surface area contributed by atoms with Crippen LogP contribution < -0.4 is 5.32 Å². The second-order valence-corrected chi connectivity index (χ2v) is 4.57. The van der Waals surface area contributed by atoms with Gasteiger partial charge in [0.15, 0.2) is 0 Å². The first-order valence-electron chi connectivity index (χ1n) is 6.14. The van der Waals surface area contributed by atoms with Crippen molar-refractivity contribution < 1.29 is 13.6 Å². The highest BCUT2D eigenvalue weighted by molar-refractivity contribution is 5.92. The van der Waals surface area contributed by atoms with E-state index in [9.17, 15) is 13.6 Å². The fourth-order valence-electron chi connectivity index (χ4n) is 1.95. The normalized spacial score (nSPS) is 10.4. The summed E-state index contributed by atoms with van der Waals surface area (Å²) in [5.41, 5.74) is 1.85. The van der Waals surface area contributed by atoms with Gasteiger partial charge in [0.2, 0.25) is 5.95 Å². The van der Waals surface area contributed by atoms with Crippen molar-refractivity contribution >= 4 is 5.91 Å². The molecule has 0 aliphatic carbocycles. The molecule has 1 heterocycles. The average Bonchev–Trinajstić information content (AvgIpc) is 2.42. The zero-order valence-electron chi connectivity index (χ0n) is 11.2. The summed E-state index contributed by atoms with van der Waals surface area (Å²) in [5, 5.41) is 2.63. The second-order valence-electron chi connectivity index (χ2n) is 4.57. The molecule has 0 fully saturated rings. The summed E-state index contributed by atoms with van der Waals surface area (Å²) in [4.78, 5) is 15.3. The Balaban J connectivity index is 2.07. The first-order valence-corrected chi connectivity index (χ1v) is 6.14. The third-order valence-electron chi connectivity index (χ3n) is 2.90. The number of nitrogens with zero attached hydrogens (tertiary/aromatic N) is 1. The molecule has 0 spiro atoms. The number of aromatic nitrogens is 1. The number of pyridine rings is 1. The van der Waals surface area contributed by atoms with Crippen LogP contribution in [0.5, 0.6) is 0 Å². The van der Waals surface area contributed by atoms with Crippen molar-refractivity contribution in [2.24, 2.45) is 0 Å². The number of amides is 1. The fraction of sp³-hybridized carbons (Fsp3) is 0.200. The number of hydrogen-bond acceptors (Lipinski definition) is 2. The van der Waals surface area contributed by atoms with E-state index < -0.39 is 11.9 Å². The molecule has 0 bridgehead atoms. The molecule has 0 atom stereocenters. The van der Waals surface area contributed by atoms with Crippen molar-refractivity contribution in [3.05, 3.63) is 64.5 Å². The van der Waals surface area contributed by atoms with Crippen LogP contribution in [-0.2, 0) is 6.54 Å². The van der Waals surface area contributed by atoms with Crippen LogP contribution in [0.4, 0.5) is 8.78 Å². The van der Waals surface area contributed by atoms with E-state index in [2.05, 4.69) is 10.3 Å². The summed E-state index contributed by atoms with van der Waals surface area (Å²) in [6.45, 7) is 3.57. The average molecular weight is 276 g/mol. The monoisotopic (exact) mass is 276 g/mol. The smallest absolute Gasteiger partial charge is 0.270 e. The van der Waals surface area contributed by atoms with Crippen molar-refractivity contribution in [2.45, 2.75) is 20.4 Å². The van der Waals surface area contributed by atoms with Gasteiger partial charge in [-0.1, -0.05) is 18.2 Å². The molecule has 0 aliphatic rings. The highest BCUT2D eigenvalue weighted by Crippen LogP contribution is 2.14. The van der Waals surface area contributed by atoms with Crippen LogP contribution in [0.25, 0.3) is 0 Å². The number of halogens is 2. The van der Waals surface area contributed by atoms with E-state index in [0.717, 1.165) is 5.56 Å². The van der Waals surface area contributed by atoms with Gasteiger partial charge >= 0.3 is 0 Å². The van der Waals surface area contributed by atoms with Gasteiger partial charge in [0, 0.05) is 6.54 Å². The quantitative estimate of drug-likeness (QED) is 0.876. The summed E-state index contributed by atoms with van der Waals surface area (Å²) < 4.78 is 26.4. The lowest BCUT2D eigenvalue weighted by atomic mass is 10.1. The van der Waals surface area contributed by atoms with Crippen LogP contribution in [0, 0.1) is 25.6 Å². The summed E-state index contributed by atoms with van der Waals surface area (Å²) in [6.07, 6.45) is 0. The number of nitrogens with one attached hydrogen (secondary N) is 1. The molecule has 0 saturated carbocycles. The summed E-state index contributed by atoms with van der Waals surface area (Å²) in [7, 11) is 0. The van der Waals surface area contributed by atoms with E-state index in [4.69, 9.17) is 0 Å². The number of rotatable bonds is 3. The second kappa shape index (κ2) is 5.77. The van der Waals surface area contributed by atoms with Crippen LogP contribution in [-0.4, -0.2) is 10.9 Å². The molecule has 5 heteroatoms. The van der Waals surface area contributed by atoms with E-state index in [1.807, 2.05) is 0 Å². The van der Waals surface area contributed by atoms with Crippen molar-refractivity contribution in [3.63, 3.8) is 0 Å². The maximum Gasteiger partial charge on any atom is 0.270 e. The molecule has 2 aromatic rings. The van der Waals surface area contributed by atoms with Gasteiger partial charge in [-0.3, -0.25) is 4.79 Å². The Morgan fingerprint density at radius 1 is 1.20 bits per heavy atom. The largest absolute Gasteiger partial charge is 0.347 e. The number of carbonyl (C=O) groups is 1. The molecule has 0 saturated heterocycles. The molecule has 1 aromatic carbocycles. The van der Waals surface area contributed by atoms with Gasteiger partial charge in [0.05, 0.1) is 0 Å². The minimum Gasteiger partial charge on any atom is -0.347 e. The Morgan fingerprint density at radius 2 is 1.85 bits per heavy atom. The van der Waals surface area contributed by atoms with E-state index in [1.54, 1.807) is 26.0 Å². The van der Waals surface area contributed by atoms with E-state index >= 15 is 0 Å². The van der Waals surface area contributed by atoms with Gasteiger partial charge in [-0.2, -0.15) is 4.39 Å². The molecular formula is C15H14F2N2O. The van der Waals surface area contributed by atoms with Gasteiger partial charge in [0.1, 0.15) is 11.5 Å². The SMILES string of the molecule is Cc1cc(CNC(=O)c2cccc(F)n2)cc(C)c1F. The van der Waals surface area contributed by atoms with E-state index in [-0.39, 0.29) is 18.1 Å². The molecule has 2 rings (SSSR count). The lowest BCUT2D eigenvalue weighted by Crippen LogP contribution is -2.24. The number of carbonyl (C=O) groups excluding carboxylic acids is 1. The van der Waals surface area contributed by atoms with Gasteiger partial charge in [-0.05, 0) is 42.7 Å². The first kappa shape index (κ1) is 14.1. The van der Waals surface area contributed by atoms with Crippen LogP contribution in [0.15, 0.2) is 30.3 Å². The first-order chi connectivity index (χ1) is 9.47. The minimum absolute atomic E-state index is 0.0144. The Hall–Kier alpha value is -2.30. The van der Waals surface area contributed by atoms with Gasteiger partial charge in [-0.25, -0.2) is 9.37 Å². The molecule has 104 valence electrons. The maximum absolute atomic E-state index is 13.5. The minimum atomic E-state index is -0.703. The molecule has 0 aliphatic heterocycles. The third kappa shape index (κ3) is 3.17. The van der Waals surface area contributed by atoms with E-state index in [0.29, 0.717) is 11.1 Å². The van der Waals surface area contributed by atoms with Gasteiger partial charge in [-0.15, -0.1) is 0 Å². The number of hydrogen-bond donors (Lipinski definition) is 1. The molecule has 0 unspecified atom stereocenters. The lowest BCUT2D eigenvalue weighted by molar-refractivity contribution is 0.0944. The summed E-state index contributed by atoms with van der Waals surface area (Å²) in [6, 6.07) is 7.36. The van der Waals surface area contributed by atoms with Crippen molar-refractivity contribution in [2.75, 3.05) is 0 Å². The lowest BCUT2D eigenvalue weighted by Gasteiger charge is -2.08. The predicted molar refractivity (Wildman–Crippen MR) is 71.2 cm³/mol. The number of benzene rings is 1. The van der Waals surface area contributed by atoms with Gasteiger partial charge in [0.25, 0.3) is 5.91 Å². The van der Waals surface area contributed by atoms with Crippen LogP contribution in [0.1, 0.15) is 27.2 Å². The van der Waals surface area contributed by atoms with Crippen LogP contribution in [0.3, 0.4) is 0 Å². The fourth-order valence-corrected chi connectivity index (χ4v) is 1.95.